The Labute approximate surface area is 175 Å². The van der Waals surface area contributed by atoms with E-state index in [0.717, 1.165) is 28.0 Å². The second-order valence-corrected chi connectivity index (χ2v) is 7.98. The van der Waals surface area contributed by atoms with Gasteiger partial charge in [0.1, 0.15) is 0 Å². The number of fused-ring (bicyclic) bond motifs is 1. The number of carbonyl (C=O) groups excluding carboxylic acids is 1. The van der Waals surface area contributed by atoms with Gasteiger partial charge in [0, 0.05) is 29.8 Å². The average Bonchev–Trinajstić information content (AvgIpc) is 3.38. The fraction of sp³-hybridized carbons (Fsp3) is 0.304. The minimum atomic E-state index is -0.166. The number of nitrogens with zero attached hydrogens (tertiary/aromatic N) is 5. The largest absolute Gasteiger partial charge is 0.322 e. The van der Waals surface area contributed by atoms with Crippen molar-refractivity contribution in [2.24, 2.45) is 0 Å². The predicted molar refractivity (Wildman–Crippen MR) is 118 cm³/mol. The second-order valence-electron chi connectivity index (χ2n) is 7.98. The van der Waals surface area contributed by atoms with E-state index >= 15 is 0 Å². The third-order valence-electron chi connectivity index (χ3n) is 5.07. The van der Waals surface area contributed by atoms with Gasteiger partial charge in [-0.25, -0.2) is 9.67 Å². The maximum absolute atomic E-state index is 13.3. The lowest BCUT2D eigenvalue weighted by Gasteiger charge is -2.14. The van der Waals surface area contributed by atoms with Crippen LogP contribution in [-0.2, 0) is 6.54 Å². The van der Waals surface area contributed by atoms with E-state index in [9.17, 15) is 4.79 Å². The zero-order valence-electron chi connectivity index (χ0n) is 17.7. The van der Waals surface area contributed by atoms with Crippen LogP contribution in [0.4, 0.5) is 5.69 Å². The molecule has 1 aromatic carbocycles. The van der Waals surface area contributed by atoms with Crippen molar-refractivity contribution in [3.8, 4) is 0 Å². The summed E-state index contributed by atoms with van der Waals surface area (Å²) in [5, 5.41) is 12.6. The van der Waals surface area contributed by atoms with E-state index in [-0.39, 0.29) is 17.9 Å². The van der Waals surface area contributed by atoms with Gasteiger partial charge in [-0.3, -0.25) is 9.48 Å². The van der Waals surface area contributed by atoms with Gasteiger partial charge in [0.15, 0.2) is 5.65 Å². The molecule has 154 valence electrons. The highest BCUT2D eigenvalue weighted by molar-refractivity contribution is 6.12. The van der Waals surface area contributed by atoms with Crippen LogP contribution in [0, 0.1) is 0 Å². The molecule has 0 bridgehead atoms. The van der Waals surface area contributed by atoms with Crippen LogP contribution in [0.3, 0.4) is 0 Å². The quantitative estimate of drug-likeness (QED) is 0.510. The van der Waals surface area contributed by atoms with Crippen LogP contribution in [0.1, 0.15) is 61.3 Å². The highest BCUT2D eigenvalue weighted by Crippen LogP contribution is 2.26. The van der Waals surface area contributed by atoms with E-state index in [4.69, 9.17) is 4.98 Å². The standard InChI is InChI=1S/C23H26N6O/c1-15(2)21-12-18(19-13-25-29(16(3)4)22(19)26-21)23(30)27-20-9-6-5-8-17(20)14-28-11-7-10-24-28/h5-13,15-16H,14H2,1-4H3,(H,27,30). The van der Waals surface area contributed by atoms with Crippen LogP contribution < -0.4 is 5.32 Å². The first-order valence-corrected chi connectivity index (χ1v) is 10.2. The summed E-state index contributed by atoms with van der Waals surface area (Å²) in [4.78, 5) is 18.1. The SMILES string of the molecule is CC(C)c1cc(C(=O)Nc2ccccc2Cn2cccn2)c2cnn(C(C)C)c2n1. The molecule has 3 aromatic heterocycles. The van der Waals surface area contributed by atoms with Crippen LogP contribution in [0.25, 0.3) is 11.0 Å². The maximum atomic E-state index is 13.3. The second kappa shape index (κ2) is 8.10. The first kappa shape index (κ1) is 19.8. The van der Waals surface area contributed by atoms with Gasteiger partial charge in [-0.1, -0.05) is 32.0 Å². The minimum absolute atomic E-state index is 0.156. The lowest BCUT2D eigenvalue weighted by atomic mass is 10.0. The Hall–Kier alpha value is -3.48. The molecular weight excluding hydrogens is 376 g/mol. The van der Waals surface area contributed by atoms with Crippen LogP contribution in [0.5, 0.6) is 0 Å². The summed E-state index contributed by atoms with van der Waals surface area (Å²) >= 11 is 0. The Balaban J connectivity index is 1.72. The predicted octanol–water partition coefficient (Wildman–Crippen LogP) is 4.63. The Morgan fingerprint density at radius 3 is 2.60 bits per heavy atom. The first-order valence-electron chi connectivity index (χ1n) is 10.2. The third kappa shape index (κ3) is 3.83. The van der Waals surface area contributed by atoms with Crippen molar-refractivity contribution in [1.29, 1.82) is 0 Å². The normalized spacial score (nSPS) is 11.5. The fourth-order valence-corrected chi connectivity index (χ4v) is 3.44. The summed E-state index contributed by atoms with van der Waals surface area (Å²) in [5.74, 6) is 0.0316. The molecular formula is C23H26N6O. The van der Waals surface area contributed by atoms with Crippen molar-refractivity contribution >= 4 is 22.6 Å². The van der Waals surface area contributed by atoms with Crippen LogP contribution in [-0.4, -0.2) is 30.5 Å². The van der Waals surface area contributed by atoms with Crippen molar-refractivity contribution in [3.05, 3.63) is 71.8 Å². The molecule has 7 nitrogen and oxygen atoms in total. The van der Waals surface area contributed by atoms with E-state index in [2.05, 4.69) is 43.2 Å². The zero-order chi connectivity index (χ0) is 21.3. The molecule has 0 aliphatic carbocycles. The van der Waals surface area contributed by atoms with E-state index in [1.165, 1.54) is 0 Å². The summed E-state index contributed by atoms with van der Waals surface area (Å²) in [6.45, 7) is 8.84. The summed E-state index contributed by atoms with van der Waals surface area (Å²) < 4.78 is 3.70. The van der Waals surface area contributed by atoms with E-state index in [1.54, 1.807) is 12.4 Å². The number of benzene rings is 1. The number of pyridine rings is 1. The lowest BCUT2D eigenvalue weighted by molar-refractivity contribution is 0.102. The molecule has 0 fully saturated rings. The molecule has 0 unspecified atom stereocenters. The molecule has 30 heavy (non-hydrogen) atoms. The van der Waals surface area contributed by atoms with Gasteiger partial charge in [0.2, 0.25) is 0 Å². The topological polar surface area (TPSA) is 77.6 Å². The van der Waals surface area contributed by atoms with Crippen molar-refractivity contribution in [2.75, 3.05) is 5.32 Å². The monoisotopic (exact) mass is 402 g/mol. The van der Waals surface area contributed by atoms with E-state index in [1.807, 2.05) is 52.0 Å². The Morgan fingerprint density at radius 2 is 1.90 bits per heavy atom. The molecule has 4 rings (SSSR count). The van der Waals surface area contributed by atoms with Crippen LogP contribution in [0.2, 0.25) is 0 Å². The van der Waals surface area contributed by atoms with E-state index < -0.39 is 0 Å². The smallest absolute Gasteiger partial charge is 0.256 e. The van der Waals surface area contributed by atoms with Gasteiger partial charge >= 0.3 is 0 Å². The average molecular weight is 403 g/mol. The van der Waals surface area contributed by atoms with Gasteiger partial charge in [-0.15, -0.1) is 0 Å². The van der Waals surface area contributed by atoms with Crippen molar-refractivity contribution in [1.82, 2.24) is 24.5 Å². The molecule has 1 amide bonds. The number of amides is 1. The molecule has 3 heterocycles. The lowest BCUT2D eigenvalue weighted by Crippen LogP contribution is -2.16. The fourth-order valence-electron chi connectivity index (χ4n) is 3.44. The summed E-state index contributed by atoms with van der Waals surface area (Å²) in [5.41, 5.74) is 3.96. The van der Waals surface area contributed by atoms with E-state index in [0.29, 0.717) is 12.1 Å². The van der Waals surface area contributed by atoms with Gasteiger partial charge < -0.3 is 5.32 Å². The van der Waals surface area contributed by atoms with Gasteiger partial charge in [0.25, 0.3) is 5.91 Å². The molecule has 0 atom stereocenters. The molecule has 0 saturated carbocycles. The minimum Gasteiger partial charge on any atom is -0.322 e. The highest BCUT2D eigenvalue weighted by atomic mass is 16.1. The Bertz CT molecular complexity index is 1170. The van der Waals surface area contributed by atoms with Crippen molar-refractivity contribution < 1.29 is 4.79 Å². The molecule has 0 saturated heterocycles. The number of hydrogen-bond acceptors (Lipinski definition) is 4. The number of para-hydroxylation sites is 1. The zero-order valence-corrected chi connectivity index (χ0v) is 17.7. The first-order chi connectivity index (χ1) is 14.4. The highest BCUT2D eigenvalue weighted by Gasteiger charge is 2.19. The van der Waals surface area contributed by atoms with Gasteiger partial charge in [-0.05, 0) is 43.5 Å². The molecule has 0 aliphatic rings. The molecule has 7 heteroatoms. The van der Waals surface area contributed by atoms with Gasteiger partial charge in [-0.2, -0.15) is 10.2 Å². The molecule has 0 aliphatic heterocycles. The maximum Gasteiger partial charge on any atom is 0.256 e. The van der Waals surface area contributed by atoms with Crippen molar-refractivity contribution in [3.63, 3.8) is 0 Å². The summed E-state index contributed by atoms with van der Waals surface area (Å²) in [6.07, 6.45) is 5.38. The molecule has 4 aromatic rings. The number of nitrogens with one attached hydrogen (secondary N) is 1. The molecule has 0 spiro atoms. The Morgan fingerprint density at radius 1 is 1.10 bits per heavy atom. The third-order valence-corrected chi connectivity index (χ3v) is 5.07. The Kier molecular flexibility index (Phi) is 5.35. The summed E-state index contributed by atoms with van der Waals surface area (Å²) in [7, 11) is 0. The molecule has 0 radical (unpaired) electrons. The summed E-state index contributed by atoms with van der Waals surface area (Å²) in [6, 6.07) is 11.7. The van der Waals surface area contributed by atoms with Crippen molar-refractivity contribution in [2.45, 2.75) is 46.2 Å². The van der Waals surface area contributed by atoms with Crippen LogP contribution >= 0.6 is 0 Å². The number of rotatable bonds is 6. The number of aromatic nitrogens is 5. The number of carbonyl (C=O) groups is 1. The van der Waals surface area contributed by atoms with Gasteiger partial charge in [0.05, 0.1) is 23.7 Å². The molecule has 1 N–H and O–H groups in total. The van der Waals surface area contributed by atoms with Crippen LogP contribution in [0.15, 0.2) is 55.0 Å². The number of hydrogen-bond donors (Lipinski definition) is 1. The number of anilines is 1.